The van der Waals surface area contributed by atoms with E-state index in [1.54, 1.807) is 0 Å². The lowest BCUT2D eigenvalue weighted by atomic mass is 10.0. The minimum Gasteiger partial charge on any atom is -0.327 e. The Morgan fingerprint density at radius 1 is 1.75 bits per heavy atom. The van der Waals surface area contributed by atoms with Gasteiger partial charge in [-0.2, -0.15) is 0 Å². The predicted molar refractivity (Wildman–Crippen MR) is 39.1 cm³/mol. The van der Waals surface area contributed by atoms with Crippen molar-refractivity contribution in [1.29, 1.82) is 0 Å². The quantitative estimate of drug-likeness (QED) is 0.344. The van der Waals surface area contributed by atoms with E-state index in [-0.39, 0.29) is 0 Å². The Hall–Kier alpha value is -0.660. The number of hydrogen-bond acceptors (Lipinski definition) is 1. The van der Waals surface area contributed by atoms with Crippen molar-refractivity contribution in [3.8, 4) is 0 Å². The minimum atomic E-state index is 1.12. The Morgan fingerprint density at radius 2 is 2.38 bits per heavy atom. The summed E-state index contributed by atoms with van der Waals surface area (Å²) in [5, 5.41) is 4.13. The second-order valence-corrected chi connectivity index (χ2v) is 2.07. The molecule has 0 saturated heterocycles. The van der Waals surface area contributed by atoms with Crippen LogP contribution in [0.5, 0.6) is 0 Å². The summed E-state index contributed by atoms with van der Waals surface area (Å²) in [5.74, 6) is 0. The van der Waals surface area contributed by atoms with E-state index < -0.39 is 0 Å². The van der Waals surface area contributed by atoms with Crippen LogP contribution in [0, 0.1) is 6.92 Å². The van der Waals surface area contributed by atoms with Crippen molar-refractivity contribution in [2.75, 3.05) is 0 Å². The molecular weight excluding hydrogens is 97.7 g/mol. The molecule has 2 nitrogen and oxygen atoms in total. The fraction of sp³-hybridized carbons (Fsp3) is 0.250. The summed E-state index contributed by atoms with van der Waals surface area (Å²) in [6.07, 6.45) is 2.01. The van der Waals surface area contributed by atoms with E-state index in [1.165, 1.54) is 5.56 Å². The van der Waals surface area contributed by atoms with E-state index in [0.717, 1.165) is 5.59 Å². The van der Waals surface area contributed by atoms with Crippen LogP contribution in [0.2, 0.25) is 0 Å². The van der Waals surface area contributed by atoms with E-state index in [1.807, 2.05) is 26.6 Å². The number of rotatable bonds is 0. The highest BCUT2D eigenvalue weighted by Crippen LogP contribution is 1.84. The monoisotopic (exact) mass is 106 g/mol. The molecular formula is C4H8B2N2. The number of aromatic nitrogens is 2. The van der Waals surface area contributed by atoms with Crippen molar-refractivity contribution in [2.24, 2.45) is 0 Å². The van der Waals surface area contributed by atoms with E-state index in [0.29, 0.717) is 0 Å². The van der Waals surface area contributed by atoms with Gasteiger partial charge in [0.2, 0.25) is 7.98 Å². The molecule has 0 bridgehead atoms. The molecule has 1 heterocycles. The SMILES string of the molecule is Bc1nn(B)cc1C. The van der Waals surface area contributed by atoms with Crippen molar-refractivity contribution in [1.82, 2.24) is 9.69 Å². The third-order valence-electron chi connectivity index (χ3n) is 1.26. The van der Waals surface area contributed by atoms with E-state index in [4.69, 9.17) is 0 Å². The zero-order valence-corrected chi connectivity index (χ0v) is 5.47. The van der Waals surface area contributed by atoms with Gasteiger partial charge in [0.15, 0.2) is 7.85 Å². The molecule has 1 aromatic heterocycles. The normalized spacial score (nSPS) is 9.62. The first-order chi connectivity index (χ1) is 3.70. The van der Waals surface area contributed by atoms with Crippen LogP contribution in [0.1, 0.15) is 5.56 Å². The molecule has 0 radical (unpaired) electrons. The fourth-order valence-electron chi connectivity index (χ4n) is 0.718. The molecule has 40 valence electrons. The fourth-order valence-corrected chi connectivity index (χ4v) is 0.718. The van der Waals surface area contributed by atoms with E-state index in [2.05, 4.69) is 12.0 Å². The lowest BCUT2D eigenvalue weighted by Gasteiger charge is -1.80. The molecule has 0 aliphatic carbocycles. The smallest absolute Gasteiger partial charge is 0.248 e. The van der Waals surface area contributed by atoms with Gasteiger partial charge in [-0.15, -0.1) is 0 Å². The van der Waals surface area contributed by atoms with Crippen molar-refractivity contribution in [3.63, 3.8) is 0 Å². The number of aryl methyl sites for hydroxylation is 1. The Bertz CT molecular complexity index is 174. The molecule has 8 heavy (non-hydrogen) atoms. The van der Waals surface area contributed by atoms with Gasteiger partial charge in [-0.1, -0.05) is 0 Å². The Morgan fingerprint density at radius 3 is 2.50 bits per heavy atom. The molecule has 0 N–H and O–H groups in total. The molecule has 0 aliphatic rings. The first-order valence-electron chi connectivity index (χ1n) is 2.67. The average molecular weight is 106 g/mol. The zero-order valence-electron chi connectivity index (χ0n) is 5.47. The number of nitrogens with zero attached hydrogens (tertiary/aromatic N) is 2. The largest absolute Gasteiger partial charge is 0.327 e. The predicted octanol–water partition coefficient (Wildman–Crippen LogP) is -2.15. The summed E-state index contributed by atoms with van der Waals surface area (Å²) >= 11 is 0. The van der Waals surface area contributed by atoms with Crippen LogP contribution < -0.4 is 5.59 Å². The van der Waals surface area contributed by atoms with Gasteiger partial charge in [-0.3, -0.25) is 0 Å². The third-order valence-corrected chi connectivity index (χ3v) is 1.26. The van der Waals surface area contributed by atoms with Crippen LogP contribution in [0.15, 0.2) is 6.20 Å². The number of hydrogen-bond donors (Lipinski definition) is 0. The first-order valence-corrected chi connectivity index (χ1v) is 2.67. The highest BCUT2D eigenvalue weighted by molar-refractivity contribution is 6.31. The summed E-state index contributed by atoms with van der Waals surface area (Å²) in [7, 11) is 3.94. The molecule has 1 rings (SSSR count). The van der Waals surface area contributed by atoms with Crippen LogP contribution >= 0.6 is 0 Å². The molecule has 0 spiro atoms. The van der Waals surface area contributed by atoms with Crippen LogP contribution in [-0.4, -0.2) is 25.5 Å². The summed E-state index contributed by atoms with van der Waals surface area (Å²) < 4.78 is 1.82. The van der Waals surface area contributed by atoms with Gasteiger partial charge in [-0.05, 0) is 12.5 Å². The van der Waals surface area contributed by atoms with Gasteiger partial charge in [0.25, 0.3) is 0 Å². The maximum absolute atomic E-state index is 4.13. The summed E-state index contributed by atoms with van der Waals surface area (Å²) in [4.78, 5) is 0. The molecule has 1 aromatic rings. The maximum atomic E-state index is 4.13. The van der Waals surface area contributed by atoms with Gasteiger partial charge in [0, 0.05) is 11.8 Å². The summed E-state index contributed by atoms with van der Waals surface area (Å²) in [6.45, 7) is 2.06. The van der Waals surface area contributed by atoms with E-state index >= 15 is 0 Å². The van der Waals surface area contributed by atoms with Crippen molar-refractivity contribution >= 4 is 21.4 Å². The zero-order chi connectivity index (χ0) is 6.15. The van der Waals surface area contributed by atoms with Crippen LogP contribution in [0.3, 0.4) is 0 Å². The molecule has 0 unspecified atom stereocenters. The van der Waals surface area contributed by atoms with Gasteiger partial charge >= 0.3 is 0 Å². The topological polar surface area (TPSA) is 17.8 Å². The van der Waals surface area contributed by atoms with Crippen LogP contribution in [0.4, 0.5) is 0 Å². The third kappa shape index (κ3) is 0.782. The molecule has 0 atom stereocenters. The van der Waals surface area contributed by atoms with Gasteiger partial charge in [0.05, 0.1) is 0 Å². The molecule has 4 heteroatoms. The highest BCUT2D eigenvalue weighted by atomic mass is 15.2. The van der Waals surface area contributed by atoms with Crippen LogP contribution in [0.25, 0.3) is 0 Å². The second kappa shape index (κ2) is 1.69. The molecule has 0 amide bonds. The Labute approximate surface area is 50.7 Å². The summed E-state index contributed by atoms with van der Waals surface area (Å²) in [6, 6.07) is 0. The van der Waals surface area contributed by atoms with Crippen LogP contribution in [-0.2, 0) is 0 Å². The van der Waals surface area contributed by atoms with Gasteiger partial charge in [0.1, 0.15) is 0 Å². The van der Waals surface area contributed by atoms with Crippen molar-refractivity contribution in [2.45, 2.75) is 6.92 Å². The molecule has 0 aromatic carbocycles. The molecule has 0 saturated carbocycles. The second-order valence-electron chi connectivity index (χ2n) is 2.07. The van der Waals surface area contributed by atoms with E-state index in [9.17, 15) is 0 Å². The molecule has 0 aliphatic heterocycles. The average Bonchev–Trinajstić information content (AvgIpc) is 1.85. The lowest BCUT2D eigenvalue weighted by molar-refractivity contribution is 1.01. The Kier molecular flexibility index (Phi) is 1.16. The Balaban J connectivity index is 3.14. The first kappa shape index (κ1) is 5.48. The van der Waals surface area contributed by atoms with Crippen molar-refractivity contribution < 1.29 is 0 Å². The maximum Gasteiger partial charge on any atom is 0.248 e. The van der Waals surface area contributed by atoms with Crippen molar-refractivity contribution in [3.05, 3.63) is 11.8 Å². The minimum absolute atomic E-state index is 1.12. The molecule has 0 fully saturated rings. The summed E-state index contributed by atoms with van der Waals surface area (Å²) in [5.41, 5.74) is 2.38. The lowest BCUT2D eigenvalue weighted by Crippen LogP contribution is -2.08. The highest BCUT2D eigenvalue weighted by Gasteiger charge is 1.92. The standard InChI is InChI=1S/C4H8B2N2/c1-3-2-8(6)7-4(3)5/h2H,5-6H2,1H3. The van der Waals surface area contributed by atoms with Gasteiger partial charge in [-0.25, -0.2) is 5.10 Å². The van der Waals surface area contributed by atoms with Gasteiger partial charge < -0.3 is 4.59 Å².